The van der Waals surface area contributed by atoms with Crippen LogP contribution >= 0.6 is 28.1 Å². The molecular formula is C16H18BrFN4OS. The summed E-state index contributed by atoms with van der Waals surface area (Å²) in [6.45, 7) is 1.85. The van der Waals surface area contributed by atoms with E-state index in [4.69, 9.17) is 17.0 Å². The smallest absolute Gasteiger partial charge is 0.172 e. The largest absolute Gasteiger partial charge is 0.376 e. The van der Waals surface area contributed by atoms with Gasteiger partial charge in [0.1, 0.15) is 5.82 Å². The fourth-order valence-electron chi connectivity index (χ4n) is 2.53. The number of ether oxygens (including phenoxy) is 1. The van der Waals surface area contributed by atoms with Gasteiger partial charge in [-0.25, -0.2) is 4.39 Å². The molecule has 3 rings (SSSR count). The molecule has 1 atom stereocenters. The minimum Gasteiger partial charge on any atom is -0.376 e. The van der Waals surface area contributed by atoms with Crippen LogP contribution in [0.2, 0.25) is 0 Å². The molecule has 0 saturated carbocycles. The summed E-state index contributed by atoms with van der Waals surface area (Å²) in [5.74, 6) is 0.351. The van der Waals surface area contributed by atoms with Gasteiger partial charge in [-0.05, 0) is 47.1 Å². The number of halogens is 2. The van der Waals surface area contributed by atoms with Crippen LogP contribution in [0.15, 0.2) is 34.9 Å². The number of anilines is 1. The number of nitrogens with zero attached hydrogens (tertiary/aromatic N) is 2. The Morgan fingerprint density at radius 1 is 1.46 bits per heavy atom. The van der Waals surface area contributed by atoms with Crippen molar-refractivity contribution in [1.29, 1.82) is 0 Å². The van der Waals surface area contributed by atoms with Crippen molar-refractivity contribution in [3.63, 3.8) is 0 Å². The van der Waals surface area contributed by atoms with E-state index >= 15 is 0 Å². The van der Waals surface area contributed by atoms with Crippen molar-refractivity contribution in [1.82, 2.24) is 15.1 Å². The topological polar surface area (TPSA) is 51.1 Å². The summed E-state index contributed by atoms with van der Waals surface area (Å²) < 4.78 is 21.7. The summed E-state index contributed by atoms with van der Waals surface area (Å²) >= 11 is 8.73. The van der Waals surface area contributed by atoms with E-state index in [2.05, 4.69) is 31.7 Å². The van der Waals surface area contributed by atoms with Crippen LogP contribution in [-0.2, 0) is 11.3 Å². The second-order valence-corrected chi connectivity index (χ2v) is 6.85. The highest BCUT2D eigenvalue weighted by Crippen LogP contribution is 2.21. The number of hydrogen-bond acceptors (Lipinski definition) is 3. The van der Waals surface area contributed by atoms with Crippen LogP contribution in [0.3, 0.4) is 0 Å². The lowest BCUT2D eigenvalue weighted by molar-refractivity contribution is 0.114. The van der Waals surface area contributed by atoms with Gasteiger partial charge in [-0.1, -0.05) is 18.2 Å². The summed E-state index contributed by atoms with van der Waals surface area (Å²) in [7, 11) is 0. The first-order valence-corrected chi connectivity index (χ1v) is 8.95. The Bertz CT molecular complexity index is 718. The molecule has 2 aromatic rings. The van der Waals surface area contributed by atoms with Crippen LogP contribution < -0.4 is 10.6 Å². The Balaban J connectivity index is 1.57. The molecule has 0 spiro atoms. The Labute approximate surface area is 153 Å². The Hall–Kier alpha value is -1.51. The van der Waals surface area contributed by atoms with Gasteiger partial charge in [0.2, 0.25) is 0 Å². The average molecular weight is 413 g/mol. The van der Waals surface area contributed by atoms with Crippen LogP contribution in [0.4, 0.5) is 10.2 Å². The van der Waals surface area contributed by atoms with E-state index in [-0.39, 0.29) is 11.9 Å². The molecule has 1 aromatic carbocycles. The number of benzene rings is 1. The van der Waals surface area contributed by atoms with E-state index in [1.54, 1.807) is 29.1 Å². The third-order valence-corrected chi connectivity index (χ3v) is 4.58. The van der Waals surface area contributed by atoms with Crippen molar-refractivity contribution in [3.8, 4) is 0 Å². The van der Waals surface area contributed by atoms with Crippen LogP contribution in [0, 0.1) is 5.82 Å². The zero-order valence-corrected chi connectivity index (χ0v) is 15.4. The van der Waals surface area contributed by atoms with Crippen LogP contribution in [0.25, 0.3) is 0 Å². The van der Waals surface area contributed by atoms with Gasteiger partial charge in [0, 0.05) is 24.9 Å². The number of hydrogen-bond donors (Lipinski definition) is 2. The second kappa shape index (κ2) is 8.04. The Morgan fingerprint density at radius 2 is 2.29 bits per heavy atom. The van der Waals surface area contributed by atoms with Gasteiger partial charge in [0.25, 0.3) is 0 Å². The maximum Gasteiger partial charge on any atom is 0.172 e. The third kappa shape index (κ3) is 4.52. The standard InChI is InChI=1S/C16H18BrFN4OS/c17-13-10-22(9-11-4-1-2-6-14(11)18)21-15(13)20-16(24)19-8-12-5-3-7-23-12/h1-2,4,6,10,12H,3,5,7-9H2,(H2,19,20,21,24). The molecule has 1 aliphatic rings. The summed E-state index contributed by atoms with van der Waals surface area (Å²) in [6.07, 6.45) is 4.15. The second-order valence-electron chi connectivity index (χ2n) is 5.58. The highest BCUT2D eigenvalue weighted by Gasteiger charge is 2.16. The maximum atomic E-state index is 13.7. The molecule has 1 saturated heterocycles. The summed E-state index contributed by atoms with van der Waals surface area (Å²) in [4.78, 5) is 0. The van der Waals surface area contributed by atoms with E-state index in [1.165, 1.54) is 6.07 Å². The van der Waals surface area contributed by atoms with Crippen molar-refractivity contribution >= 4 is 39.1 Å². The molecule has 1 aliphatic heterocycles. The number of rotatable bonds is 5. The van der Waals surface area contributed by atoms with Crippen molar-refractivity contribution in [2.75, 3.05) is 18.5 Å². The number of aromatic nitrogens is 2. The van der Waals surface area contributed by atoms with Gasteiger partial charge in [-0.2, -0.15) is 5.10 Å². The lowest BCUT2D eigenvalue weighted by Gasteiger charge is -2.13. The monoisotopic (exact) mass is 412 g/mol. The zero-order valence-electron chi connectivity index (χ0n) is 13.0. The molecule has 1 unspecified atom stereocenters. The summed E-state index contributed by atoms with van der Waals surface area (Å²) in [5.41, 5.74) is 0.582. The first-order chi connectivity index (χ1) is 11.6. The summed E-state index contributed by atoms with van der Waals surface area (Å²) in [5, 5.41) is 11.1. The zero-order chi connectivity index (χ0) is 16.9. The molecule has 0 radical (unpaired) electrons. The molecule has 8 heteroatoms. The predicted molar refractivity (Wildman–Crippen MR) is 98.6 cm³/mol. The molecule has 0 amide bonds. The molecule has 128 valence electrons. The van der Waals surface area contributed by atoms with Crippen molar-refractivity contribution < 1.29 is 9.13 Å². The molecule has 0 aliphatic carbocycles. The molecular weight excluding hydrogens is 395 g/mol. The lowest BCUT2D eigenvalue weighted by Crippen LogP contribution is -2.35. The molecule has 0 bridgehead atoms. The van der Waals surface area contributed by atoms with Crippen molar-refractivity contribution in [2.24, 2.45) is 0 Å². The van der Waals surface area contributed by atoms with Crippen LogP contribution in [0.1, 0.15) is 18.4 Å². The molecule has 2 N–H and O–H groups in total. The van der Waals surface area contributed by atoms with Gasteiger partial charge in [-0.3, -0.25) is 4.68 Å². The molecule has 24 heavy (non-hydrogen) atoms. The van der Waals surface area contributed by atoms with Gasteiger partial charge in [0.15, 0.2) is 10.9 Å². The maximum absolute atomic E-state index is 13.7. The Kier molecular flexibility index (Phi) is 5.80. The van der Waals surface area contributed by atoms with Gasteiger partial charge < -0.3 is 15.4 Å². The predicted octanol–water partition coefficient (Wildman–Crippen LogP) is 3.30. The van der Waals surface area contributed by atoms with Gasteiger partial charge >= 0.3 is 0 Å². The average Bonchev–Trinajstić information content (AvgIpc) is 3.18. The highest BCUT2D eigenvalue weighted by atomic mass is 79.9. The van der Waals surface area contributed by atoms with E-state index < -0.39 is 0 Å². The van der Waals surface area contributed by atoms with Crippen molar-refractivity contribution in [3.05, 3.63) is 46.3 Å². The minimum atomic E-state index is -0.243. The van der Waals surface area contributed by atoms with E-state index in [0.29, 0.717) is 29.6 Å². The molecule has 2 heterocycles. The molecule has 1 aromatic heterocycles. The van der Waals surface area contributed by atoms with Crippen LogP contribution in [0.5, 0.6) is 0 Å². The van der Waals surface area contributed by atoms with E-state index in [9.17, 15) is 4.39 Å². The number of nitrogens with one attached hydrogen (secondary N) is 2. The molecule has 5 nitrogen and oxygen atoms in total. The van der Waals surface area contributed by atoms with E-state index in [0.717, 1.165) is 23.9 Å². The van der Waals surface area contributed by atoms with Gasteiger partial charge in [0.05, 0.1) is 17.1 Å². The third-order valence-electron chi connectivity index (χ3n) is 3.75. The van der Waals surface area contributed by atoms with Gasteiger partial charge in [-0.15, -0.1) is 0 Å². The lowest BCUT2D eigenvalue weighted by atomic mass is 10.2. The van der Waals surface area contributed by atoms with Crippen molar-refractivity contribution in [2.45, 2.75) is 25.5 Å². The fraction of sp³-hybridized carbons (Fsp3) is 0.375. The summed E-state index contributed by atoms with van der Waals surface area (Å²) in [6, 6.07) is 6.66. The van der Waals surface area contributed by atoms with E-state index in [1.807, 2.05) is 0 Å². The quantitative estimate of drug-likeness (QED) is 0.737. The first kappa shape index (κ1) is 17.3. The SMILES string of the molecule is Fc1ccccc1Cn1cc(Br)c(NC(=S)NCC2CCCO2)n1. The Morgan fingerprint density at radius 3 is 3.04 bits per heavy atom. The normalized spacial score (nSPS) is 17.0. The highest BCUT2D eigenvalue weighted by molar-refractivity contribution is 9.10. The molecule has 1 fully saturated rings. The first-order valence-electron chi connectivity index (χ1n) is 7.74. The number of thiocarbonyl (C=S) groups is 1. The fourth-order valence-corrected chi connectivity index (χ4v) is 3.12. The van der Waals surface area contributed by atoms with Crippen LogP contribution in [-0.4, -0.2) is 34.1 Å². The minimum absolute atomic E-state index is 0.215.